The smallest absolute Gasteiger partial charge is 0.0866 e. The zero-order chi connectivity index (χ0) is 13.8. The maximum absolute atomic E-state index is 8.71. The first-order valence-electron chi connectivity index (χ1n) is 6.98. The fourth-order valence-electron chi connectivity index (χ4n) is 2.89. The molecule has 0 N–H and O–H groups in total. The molecule has 0 aromatic heterocycles. The van der Waals surface area contributed by atoms with Gasteiger partial charge in [0.25, 0.3) is 0 Å². The van der Waals surface area contributed by atoms with Crippen LogP contribution in [0.4, 0.5) is 0 Å². The average Bonchev–Trinajstić information content (AvgIpc) is 2.36. The van der Waals surface area contributed by atoms with E-state index < -0.39 is 0 Å². The SMILES string of the molecule is Cc1cc(C)c(CN2CCN(CC#N)CC2)c(C)c1. The number of nitrogens with zero attached hydrogens (tertiary/aromatic N) is 3. The molecule has 1 aliphatic heterocycles. The predicted octanol–water partition coefficient (Wildman–Crippen LogP) is 2.25. The monoisotopic (exact) mass is 257 g/mol. The Morgan fingerprint density at radius 3 is 2.05 bits per heavy atom. The first kappa shape index (κ1) is 14.0. The largest absolute Gasteiger partial charge is 0.297 e. The van der Waals surface area contributed by atoms with Gasteiger partial charge in [0.05, 0.1) is 12.6 Å². The zero-order valence-electron chi connectivity index (χ0n) is 12.2. The van der Waals surface area contributed by atoms with E-state index >= 15 is 0 Å². The summed E-state index contributed by atoms with van der Waals surface area (Å²) >= 11 is 0. The van der Waals surface area contributed by atoms with Crippen LogP contribution in [0.3, 0.4) is 0 Å². The van der Waals surface area contributed by atoms with Crippen molar-refractivity contribution in [1.82, 2.24) is 9.80 Å². The number of rotatable bonds is 3. The van der Waals surface area contributed by atoms with Gasteiger partial charge in [-0.1, -0.05) is 17.7 Å². The van der Waals surface area contributed by atoms with Crippen LogP contribution in [0.1, 0.15) is 22.3 Å². The summed E-state index contributed by atoms with van der Waals surface area (Å²) in [5, 5.41) is 8.71. The highest BCUT2D eigenvalue weighted by molar-refractivity contribution is 5.37. The zero-order valence-corrected chi connectivity index (χ0v) is 12.2. The first-order chi connectivity index (χ1) is 9.10. The molecule has 3 nitrogen and oxygen atoms in total. The van der Waals surface area contributed by atoms with E-state index in [1.54, 1.807) is 0 Å². The highest BCUT2D eigenvalue weighted by Gasteiger charge is 2.17. The van der Waals surface area contributed by atoms with Gasteiger partial charge in [0.15, 0.2) is 0 Å². The molecule has 0 radical (unpaired) electrons. The summed E-state index contributed by atoms with van der Waals surface area (Å²) in [6.45, 7) is 12.3. The Morgan fingerprint density at radius 1 is 1.00 bits per heavy atom. The van der Waals surface area contributed by atoms with Gasteiger partial charge in [-0.2, -0.15) is 5.26 Å². The van der Waals surface area contributed by atoms with Gasteiger partial charge in [-0.25, -0.2) is 0 Å². The second-order valence-electron chi connectivity index (χ2n) is 5.59. The average molecular weight is 257 g/mol. The molecular formula is C16H23N3. The number of hydrogen-bond donors (Lipinski definition) is 0. The molecule has 2 rings (SSSR count). The van der Waals surface area contributed by atoms with Crippen LogP contribution in [0.25, 0.3) is 0 Å². The summed E-state index contributed by atoms with van der Waals surface area (Å²) in [7, 11) is 0. The molecule has 1 saturated heterocycles. The number of hydrogen-bond acceptors (Lipinski definition) is 3. The van der Waals surface area contributed by atoms with Gasteiger partial charge in [-0.05, 0) is 37.5 Å². The fourth-order valence-corrected chi connectivity index (χ4v) is 2.89. The first-order valence-corrected chi connectivity index (χ1v) is 6.98. The number of piperazine rings is 1. The molecule has 102 valence electrons. The Labute approximate surface area is 116 Å². The third-order valence-corrected chi connectivity index (χ3v) is 3.98. The van der Waals surface area contributed by atoms with E-state index in [1.807, 2.05) is 0 Å². The summed E-state index contributed by atoms with van der Waals surface area (Å²) in [4.78, 5) is 4.73. The fraction of sp³-hybridized carbons (Fsp3) is 0.562. The standard InChI is InChI=1S/C16H23N3/c1-13-10-14(2)16(15(3)11-13)12-19-8-6-18(5-4-17)7-9-19/h10-11H,5-9,12H2,1-3H3. The van der Waals surface area contributed by atoms with Crippen molar-refractivity contribution in [2.45, 2.75) is 27.3 Å². The van der Waals surface area contributed by atoms with Crippen LogP contribution in [0.15, 0.2) is 12.1 Å². The Balaban J connectivity index is 1.98. The molecule has 0 bridgehead atoms. The van der Waals surface area contributed by atoms with Gasteiger partial charge < -0.3 is 0 Å². The van der Waals surface area contributed by atoms with E-state index in [2.05, 4.69) is 48.8 Å². The van der Waals surface area contributed by atoms with Crippen LogP contribution in [0.5, 0.6) is 0 Å². The molecule has 0 amide bonds. The Morgan fingerprint density at radius 2 is 1.53 bits per heavy atom. The molecule has 0 aliphatic carbocycles. The van der Waals surface area contributed by atoms with Crippen LogP contribution >= 0.6 is 0 Å². The number of aryl methyl sites for hydroxylation is 3. The van der Waals surface area contributed by atoms with E-state index in [0.717, 1.165) is 32.7 Å². The molecule has 3 heteroatoms. The molecule has 1 aromatic carbocycles. The number of benzene rings is 1. The van der Waals surface area contributed by atoms with Gasteiger partial charge >= 0.3 is 0 Å². The quantitative estimate of drug-likeness (QED) is 0.778. The third kappa shape index (κ3) is 3.56. The Kier molecular flexibility index (Phi) is 4.57. The van der Waals surface area contributed by atoms with Crippen LogP contribution in [0, 0.1) is 32.1 Å². The van der Waals surface area contributed by atoms with Crippen LogP contribution < -0.4 is 0 Å². The lowest BCUT2D eigenvalue weighted by Crippen LogP contribution is -2.46. The summed E-state index contributed by atoms with van der Waals surface area (Å²) in [6, 6.07) is 6.78. The van der Waals surface area contributed by atoms with E-state index in [-0.39, 0.29) is 0 Å². The van der Waals surface area contributed by atoms with E-state index in [0.29, 0.717) is 6.54 Å². The van der Waals surface area contributed by atoms with Crippen molar-refractivity contribution in [2.75, 3.05) is 32.7 Å². The Hall–Kier alpha value is -1.37. The van der Waals surface area contributed by atoms with Gasteiger partial charge in [-0.15, -0.1) is 0 Å². The van der Waals surface area contributed by atoms with Crippen LogP contribution in [-0.2, 0) is 6.54 Å². The summed E-state index contributed by atoms with van der Waals surface area (Å²) in [5.41, 5.74) is 5.62. The second-order valence-corrected chi connectivity index (χ2v) is 5.59. The molecule has 19 heavy (non-hydrogen) atoms. The second kappa shape index (κ2) is 6.18. The van der Waals surface area contributed by atoms with Gasteiger partial charge in [0.2, 0.25) is 0 Å². The predicted molar refractivity (Wildman–Crippen MR) is 78.0 cm³/mol. The maximum Gasteiger partial charge on any atom is 0.0866 e. The van der Waals surface area contributed by atoms with Crippen molar-refractivity contribution < 1.29 is 0 Å². The lowest BCUT2D eigenvalue weighted by molar-refractivity contribution is 0.138. The third-order valence-electron chi connectivity index (χ3n) is 3.98. The molecule has 1 heterocycles. The van der Waals surface area contributed by atoms with Crippen molar-refractivity contribution in [3.63, 3.8) is 0 Å². The van der Waals surface area contributed by atoms with E-state index in [1.165, 1.54) is 22.3 Å². The highest BCUT2D eigenvalue weighted by Crippen LogP contribution is 2.19. The summed E-state index contributed by atoms with van der Waals surface area (Å²) in [6.07, 6.45) is 0. The van der Waals surface area contributed by atoms with Crippen molar-refractivity contribution in [3.05, 3.63) is 34.4 Å². The minimum absolute atomic E-state index is 0.566. The van der Waals surface area contributed by atoms with Crippen molar-refractivity contribution >= 4 is 0 Å². The van der Waals surface area contributed by atoms with Crippen LogP contribution in [-0.4, -0.2) is 42.5 Å². The van der Waals surface area contributed by atoms with Crippen molar-refractivity contribution in [1.29, 1.82) is 5.26 Å². The molecule has 1 aromatic rings. The normalized spacial score (nSPS) is 17.4. The minimum Gasteiger partial charge on any atom is -0.297 e. The summed E-state index contributed by atoms with van der Waals surface area (Å²) < 4.78 is 0. The lowest BCUT2D eigenvalue weighted by atomic mass is 9.99. The molecular weight excluding hydrogens is 234 g/mol. The topological polar surface area (TPSA) is 30.3 Å². The molecule has 0 saturated carbocycles. The molecule has 1 aliphatic rings. The Bertz CT molecular complexity index is 456. The molecule has 0 unspecified atom stereocenters. The molecule has 1 fully saturated rings. The van der Waals surface area contributed by atoms with E-state index in [4.69, 9.17) is 5.26 Å². The highest BCUT2D eigenvalue weighted by atomic mass is 15.3. The van der Waals surface area contributed by atoms with Gasteiger partial charge in [-0.3, -0.25) is 9.80 Å². The molecule has 0 atom stereocenters. The molecule has 0 spiro atoms. The van der Waals surface area contributed by atoms with E-state index in [9.17, 15) is 0 Å². The summed E-state index contributed by atoms with van der Waals surface area (Å²) in [5.74, 6) is 0. The van der Waals surface area contributed by atoms with Crippen LogP contribution in [0.2, 0.25) is 0 Å². The number of nitriles is 1. The van der Waals surface area contributed by atoms with Crippen molar-refractivity contribution in [3.8, 4) is 6.07 Å². The van der Waals surface area contributed by atoms with Crippen molar-refractivity contribution in [2.24, 2.45) is 0 Å². The lowest BCUT2D eigenvalue weighted by Gasteiger charge is -2.34. The van der Waals surface area contributed by atoms with Gasteiger partial charge in [0, 0.05) is 32.7 Å². The van der Waals surface area contributed by atoms with Gasteiger partial charge in [0.1, 0.15) is 0 Å². The minimum atomic E-state index is 0.566. The maximum atomic E-state index is 8.71.